The molecule has 0 spiro atoms. The van der Waals surface area contributed by atoms with Gasteiger partial charge in [0.25, 0.3) is 0 Å². The Morgan fingerprint density at radius 1 is 1.20 bits per heavy atom. The third-order valence-corrected chi connectivity index (χ3v) is 2.25. The molecule has 1 aliphatic heterocycles. The third-order valence-electron chi connectivity index (χ3n) is 2.25. The lowest BCUT2D eigenvalue weighted by molar-refractivity contribution is 1.12. The lowest BCUT2D eigenvalue weighted by Crippen LogP contribution is -2.06. The molecule has 0 saturated carbocycles. The highest BCUT2D eigenvalue weighted by atomic mass is 15.0. The fraction of sp³-hybridized carbons (Fsp3) is 0. The number of fused-ring (bicyclic) bond motifs is 2. The Bertz CT molecular complexity index is 657. The molecule has 0 aromatic carbocycles. The third kappa shape index (κ3) is 1.17. The summed E-state index contributed by atoms with van der Waals surface area (Å²) in [4.78, 5) is 15.2. The lowest BCUT2D eigenvalue weighted by atomic mass is 10.2. The van der Waals surface area contributed by atoms with Crippen molar-refractivity contribution in [1.29, 1.82) is 5.41 Å². The SMILES string of the molecule is N=c1nc2[nH]cnc2ncc2cccc1-2. The molecule has 1 aromatic rings. The summed E-state index contributed by atoms with van der Waals surface area (Å²) in [6.45, 7) is 0. The van der Waals surface area contributed by atoms with Crippen LogP contribution in [-0.2, 0) is 0 Å². The summed E-state index contributed by atoms with van der Waals surface area (Å²) in [5, 5.41) is 7.82. The second kappa shape index (κ2) is 2.84. The fourth-order valence-electron chi connectivity index (χ4n) is 1.52. The normalized spacial score (nSPS) is 10.9. The summed E-state index contributed by atoms with van der Waals surface area (Å²) in [7, 11) is 0. The van der Waals surface area contributed by atoms with Crippen LogP contribution in [0.25, 0.3) is 22.4 Å². The molecule has 0 amide bonds. The lowest BCUT2D eigenvalue weighted by Gasteiger charge is -1.92. The Kier molecular flexibility index (Phi) is 1.53. The van der Waals surface area contributed by atoms with Crippen molar-refractivity contribution in [3.05, 3.63) is 36.2 Å². The molecule has 2 N–H and O–H groups in total. The number of nitrogens with zero attached hydrogens (tertiary/aromatic N) is 3. The van der Waals surface area contributed by atoms with E-state index in [1.54, 1.807) is 6.20 Å². The Morgan fingerprint density at radius 2 is 2.13 bits per heavy atom. The molecule has 72 valence electrons. The highest BCUT2D eigenvalue weighted by Crippen LogP contribution is 2.15. The molecule has 0 fully saturated rings. The van der Waals surface area contributed by atoms with Crippen LogP contribution in [0.1, 0.15) is 0 Å². The largest absolute Gasteiger partial charge is 0.328 e. The van der Waals surface area contributed by atoms with Gasteiger partial charge >= 0.3 is 0 Å². The highest BCUT2D eigenvalue weighted by molar-refractivity contribution is 5.68. The Balaban J connectivity index is 2.55. The first kappa shape index (κ1) is 8.05. The molecule has 1 aliphatic carbocycles. The van der Waals surface area contributed by atoms with Gasteiger partial charge in [-0.1, -0.05) is 18.2 Å². The van der Waals surface area contributed by atoms with Crippen LogP contribution in [0.15, 0.2) is 30.7 Å². The first-order valence-electron chi connectivity index (χ1n) is 4.48. The number of rotatable bonds is 0. The zero-order chi connectivity index (χ0) is 10.3. The molecule has 0 bridgehead atoms. The van der Waals surface area contributed by atoms with Crippen molar-refractivity contribution in [2.24, 2.45) is 0 Å². The summed E-state index contributed by atoms with van der Waals surface area (Å²) in [5.74, 6) is 0. The van der Waals surface area contributed by atoms with E-state index in [2.05, 4.69) is 19.9 Å². The number of hydrogen-bond donors (Lipinski definition) is 2. The van der Waals surface area contributed by atoms with Gasteiger partial charge in [-0.25, -0.2) is 15.0 Å². The summed E-state index contributed by atoms with van der Waals surface area (Å²) in [6, 6.07) is 5.64. The van der Waals surface area contributed by atoms with Gasteiger partial charge in [0.15, 0.2) is 16.8 Å². The molecule has 0 radical (unpaired) electrons. The predicted molar refractivity (Wildman–Crippen MR) is 54.2 cm³/mol. The molecule has 15 heavy (non-hydrogen) atoms. The van der Waals surface area contributed by atoms with Crippen molar-refractivity contribution < 1.29 is 0 Å². The number of aromatic nitrogens is 4. The molecule has 3 rings (SSSR count). The molecular formula is C10H7N5. The van der Waals surface area contributed by atoms with Crippen molar-refractivity contribution in [3.8, 4) is 11.1 Å². The molecule has 2 aliphatic rings. The van der Waals surface area contributed by atoms with Gasteiger partial charge in [-0.15, -0.1) is 0 Å². The van der Waals surface area contributed by atoms with E-state index in [0.29, 0.717) is 11.3 Å². The van der Waals surface area contributed by atoms with Crippen molar-refractivity contribution in [3.63, 3.8) is 0 Å². The number of aromatic amines is 1. The smallest absolute Gasteiger partial charge is 0.197 e. The maximum atomic E-state index is 7.82. The first-order valence-corrected chi connectivity index (χ1v) is 4.48. The number of imidazole rings is 1. The van der Waals surface area contributed by atoms with Gasteiger partial charge < -0.3 is 4.98 Å². The maximum absolute atomic E-state index is 7.82. The van der Waals surface area contributed by atoms with Crippen LogP contribution in [-0.4, -0.2) is 19.9 Å². The Labute approximate surface area is 84.7 Å². The zero-order valence-corrected chi connectivity index (χ0v) is 7.73. The molecule has 0 saturated heterocycles. The van der Waals surface area contributed by atoms with E-state index in [1.165, 1.54) is 6.33 Å². The average Bonchev–Trinajstić information content (AvgIpc) is 2.81. The van der Waals surface area contributed by atoms with Crippen LogP contribution >= 0.6 is 0 Å². The standard InChI is InChI=1S/C10H7N5/c11-8-7-3-1-2-6(7)4-12-9-10(15-8)14-5-13-9/h1-5H,(H2,11,12,13,14,15). The number of nitrogens with one attached hydrogen (secondary N) is 2. The van der Waals surface area contributed by atoms with Crippen LogP contribution in [0.5, 0.6) is 0 Å². The van der Waals surface area contributed by atoms with Crippen LogP contribution in [0.4, 0.5) is 0 Å². The minimum Gasteiger partial charge on any atom is -0.328 e. The highest BCUT2D eigenvalue weighted by Gasteiger charge is 2.04. The van der Waals surface area contributed by atoms with E-state index in [9.17, 15) is 0 Å². The second-order valence-corrected chi connectivity index (χ2v) is 3.19. The quantitative estimate of drug-likeness (QED) is 0.562. The van der Waals surface area contributed by atoms with E-state index in [1.807, 2.05) is 18.2 Å². The van der Waals surface area contributed by atoms with E-state index >= 15 is 0 Å². The van der Waals surface area contributed by atoms with Crippen molar-refractivity contribution in [2.75, 3.05) is 0 Å². The van der Waals surface area contributed by atoms with Gasteiger partial charge in [0.05, 0.1) is 6.33 Å². The summed E-state index contributed by atoms with van der Waals surface area (Å²) in [6.07, 6.45) is 3.23. The van der Waals surface area contributed by atoms with Crippen molar-refractivity contribution in [1.82, 2.24) is 19.9 Å². The van der Waals surface area contributed by atoms with E-state index in [4.69, 9.17) is 5.41 Å². The molecule has 2 heterocycles. The summed E-state index contributed by atoms with van der Waals surface area (Å²) < 4.78 is 0. The topological polar surface area (TPSA) is 78.3 Å². The second-order valence-electron chi connectivity index (χ2n) is 3.19. The van der Waals surface area contributed by atoms with Gasteiger partial charge in [0.2, 0.25) is 0 Å². The molecule has 5 nitrogen and oxygen atoms in total. The van der Waals surface area contributed by atoms with E-state index in [0.717, 1.165) is 11.1 Å². The van der Waals surface area contributed by atoms with E-state index in [-0.39, 0.29) is 5.49 Å². The van der Waals surface area contributed by atoms with Gasteiger partial charge in [0.1, 0.15) is 0 Å². The van der Waals surface area contributed by atoms with Crippen LogP contribution in [0.3, 0.4) is 0 Å². The van der Waals surface area contributed by atoms with Gasteiger partial charge in [0, 0.05) is 17.3 Å². The number of hydrogen-bond acceptors (Lipinski definition) is 4. The Hall–Kier alpha value is -2.30. The fourth-order valence-corrected chi connectivity index (χ4v) is 1.52. The Morgan fingerprint density at radius 3 is 3.07 bits per heavy atom. The molecular weight excluding hydrogens is 190 g/mol. The van der Waals surface area contributed by atoms with E-state index < -0.39 is 0 Å². The van der Waals surface area contributed by atoms with Gasteiger partial charge in [-0.3, -0.25) is 5.41 Å². The minimum atomic E-state index is 0.228. The van der Waals surface area contributed by atoms with Crippen LogP contribution in [0.2, 0.25) is 0 Å². The zero-order valence-electron chi connectivity index (χ0n) is 7.73. The molecule has 5 heteroatoms. The van der Waals surface area contributed by atoms with Crippen molar-refractivity contribution >= 4 is 11.3 Å². The predicted octanol–water partition coefficient (Wildman–Crippen LogP) is 0.937. The molecule has 0 atom stereocenters. The minimum absolute atomic E-state index is 0.228. The number of H-pyrrole nitrogens is 1. The maximum Gasteiger partial charge on any atom is 0.197 e. The summed E-state index contributed by atoms with van der Waals surface area (Å²) in [5.41, 5.74) is 2.97. The first-order chi connectivity index (χ1) is 7.34. The monoisotopic (exact) mass is 197 g/mol. The molecule has 1 aromatic heterocycles. The summed E-state index contributed by atoms with van der Waals surface area (Å²) >= 11 is 0. The van der Waals surface area contributed by atoms with Crippen LogP contribution in [0, 0.1) is 5.41 Å². The van der Waals surface area contributed by atoms with Crippen LogP contribution < -0.4 is 5.49 Å². The molecule has 0 unspecified atom stereocenters. The van der Waals surface area contributed by atoms with Crippen molar-refractivity contribution in [2.45, 2.75) is 0 Å². The van der Waals surface area contributed by atoms with Gasteiger partial charge in [-0.05, 0) is 0 Å². The van der Waals surface area contributed by atoms with Gasteiger partial charge in [-0.2, -0.15) is 0 Å². The average molecular weight is 197 g/mol.